The van der Waals surface area contributed by atoms with E-state index in [2.05, 4.69) is 5.32 Å². The number of likely N-dealkylation sites (tertiary alicyclic amines) is 1. The van der Waals surface area contributed by atoms with Crippen LogP contribution in [-0.2, 0) is 9.59 Å². The zero-order valence-electron chi connectivity index (χ0n) is 12.2. The maximum absolute atomic E-state index is 12.2. The summed E-state index contributed by atoms with van der Waals surface area (Å²) in [6.45, 7) is 2.09. The van der Waals surface area contributed by atoms with E-state index in [1.807, 2.05) is 0 Å². The molecular weight excluding hydrogens is 327 g/mol. The smallest absolute Gasteiger partial charge is 0.242 e. The van der Waals surface area contributed by atoms with Crippen LogP contribution in [0.15, 0.2) is 18.2 Å². The van der Waals surface area contributed by atoms with Crippen LogP contribution in [-0.4, -0.2) is 41.0 Å². The van der Waals surface area contributed by atoms with Gasteiger partial charge in [0.1, 0.15) is 6.04 Å². The van der Waals surface area contributed by atoms with Gasteiger partial charge in [-0.2, -0.15) is 0 Å². The molecule has 2 amide bonds. The van der Waals surface area contributed by atoms with Crippen molar-refractivity contribution < 1.29 is 14.7 Å². The van der Waals surface area contributed by atoms with E-state index in [1.54, 1.807) is 23.1 Å². The average Bonchev–Trinajstić information content (AvgIpc) is 2.93. The number of halogens is 2. The number of carbonyl (C=O) groups is 2. The van der Waals surface area contributed by atoms with Gasteiger partial charge in [-0.25, -0.2) is 0 Å². The van der Waals surface area contributed by atoms with Crippen molar-refractivity contribution in [1.82, 2.24) is 10.2 Å². The third-order valence-electron chi connectivity index (χ3n) is 3.70. The second kappa shape index (κ2) is 7.31. The zero-order valence-corrected chi connectivity index (χ0v) is 13.7. The molecule has 1 aromatic carbocycles. The number of benzene rings is 1. The van der Waals surface area contributed by atoms with Gasteiger partial charge in [0.05, 0.1) is 6.10 Å². The van der Waals surface area contributed by atoms with Crippen LogP contribution in [0, 0.1) is 0 Å². The minimum Gasteiger partial charge on any atom is -0.387 e. The van der Waals surface area contributed by atoms with Gasteiger partial charge >= 0.3 is 0 Å². The molecule has 2 rings (SSSR count). The number of carbonyl (C=O) groups excluding carboxylic acids is 2. The van der Waals surface area contributed by atoms with Gasteiger partial charge in [0.2, 0.25) is 11.8 Å². The predicted molar refractivity (Wildman–Crippen MR) is 84.8 cm³/mol. The van der Waals surface area contributed by atoms with Crippen LogP contribution in [0.1, 0.15) is 31.4 Å². The van der Waals surface area contributed by atoms with Crippen molar-refractivity contribution in [1.29, 1.82) is 0 Å². The summed E-state index contributed by atoms with van der Waals surface area (Å²) in [5.41, 5.74) is 0.535. The Morgan fingerprint density at radius 3 is 2.59 bits per heavy atom. The fourth-order valence-electron chi connectivity index (χ4n) is 2.62. The third kappa shape index (κ3) is 4.12. The lowest BCUT2D eigenvalue weighted by atomic mass is 10.1. The number of rotatable bonds is 4. The van der Waals surface area contributed by atoms with E-state index >= 15 is 0 Å². The monoisotopic (exact) mass is 344 g/mol. The summed E-state index contributed by atoms with van der Waals surface area (Å²) in [5, 5.41) is 13.6. The first-order valence-electron chi connectivity index (χ1n) is 7.07. The number of aliphatic hydroxyl groups excluding tert-OH is 1. The van der Waals surface area contributed by atoms with Crippen LogP contribution in [0.5, 0.6) is 0 Å². The van der Waals surface area contributed by atoms with E-state index in [1.165, 1.54) is 6.92 Å². The molecule has 0 bridgehead atoms. The predicted octanol–water partition coefficient (Wildman–Crippen LogP) is 2.15. The molecule has 0 saturated carbocycles. The van der Waals surface area contributed by atoms with E-state index in [0.717, 1.165) is 6.42 Å². The summed E-state index contributed by atoms with van der Waals surface area (Å²) in [6, 6.07) is 4.32. The molecule has 5 nitrogen and oxygen atoms in total. The fourth-order valence-corrected chi connectivity index (χ4v) is 3.16. The highest BCUT2D eigenvalue weighted by molar-refractivity contribution is 6.34. The highest BCUT2D eigenvalue weighted by Gasteiger charge is 2.32. The Kier molecular flexibility index (Phi) is 5.67. The molecule has 1 aliphatic rings. The molecule has 2 atom stereocenters. The Balaban J connectivity index is 1.94. The SMILES string of the molecule is CC(=O)N1CCCC1C(=O)NCC(O)c1cc(Cl)cc(Cl)c1. The minimum absolute atomic E-state index is 0.0394. The molecule has 0 spiro atoms. The number of nitrogens with zero attached hydrogens (tertiary/aromatic N) is 1. The molecule has 1 fully saturated rings. The molecule has 7 heteroatoms. The van der Waals surface area contributed by atoms with Gasteiger partial charge in [-0.1, -0.05) is 23.2 Å². The van der Waals surface area contributed by atoms with E-state index in [-0.39, 0.29) is 18.4 Å². The van der Waals surface area contributed by atoms with Crippen molar-refractivity contribution in [2.24, 2.45) is 0 Å². The normalized spacial score (nSPS) is 19.1. The Morgan fingerprint density at radius 1 is 1.36 bits per heavy atom. The number of nitrogens with one attached hydrogen (secondary N) is 1. The topological polar surface area (TPSA) is 69.6 Å². The Morgan fingerprint density at radius 2 is 2.00 bits per heavy atom. The first-order chi connectivity index (χ1) is 10.4. The summed E-state index contributed by atoms with van der Waals surface area (Å²) in [7, 11) is 0. The average molecular weight is 345 g/mol. The first-order valence-corrected chi connectivity index (χ1v) is 7.83. The van der Waals surface area contributed by atoms with Crippen LogP contribution in [0.25, 0.3) is 0 Å². The third-order valence-corrected chi connectivity index (χ3v) is 4.14. The molecule has 1 aliphatic heterocycles. The lowest BCUT2D eigenvalue weighted by Gasteiger charge is -2.23. The minimum atomic E-state index is -0.910. The summed E-state index contributed by atoms with van der Waals surface area (Å²) < 4.78 is 0. The molecule has 120 valence electrons. The Bertz CT molecular complexity index is 560. The number of amides is 2. The summed E-state index contributed by atoms with van der Waals surface area (Å²) >= 11 is 11.8. The van der Waals surface area contributed by atoms with E-state index < -0.39 is 12.1 Å². The zero-order chi connectivity index (χ0) is 16.3. The van der Waals surface area contributed by atoms with Crippen molar-refractivity contribution >= 4 is 35.0 Å². The highest BCUT2D eigenvalue weighted by Crippen LogP contribution is 2.23. The van der Waals surface area contributed by atoms with Gasteiger partial charge in [-0.15, -0.1) is 0 Å². The molecular formula is C15H18Cl2N2O3. The second-order valence-electron chi connectivity index (χ2n) is 5.33. The molecule has 22 heavy (non-hydrogen) atoms. The standard InChI is InChI=1S/C15H18Cl2N2O3/c1-9(20)19-4-2-3-13(19)15(22)18-8-14(21)10-5-11(16)7-12(17)6-10/h5-7,13-14,21H,2-4,8H2,1H3,(H,18,22). The van der Waals surface area contributed by atoms with Gasteiger partial charge in [0.25, 0.3) is 0 Å². The van der Waals surface area contributed by atoms with Crippen LogP contribution in [0.3, 0.4) is 0 Å². The van der Waals surface area contributed by atoms with Gasteiger partial charge < -0.3 is 15.3 Å². The molecule has 1 heterocycles. The number of aliphatic hydroxyl groups is 1. The van der Waals surface area contributed by atoms with Gasteiger partial charge in [0, 0.05) is 30.1 Å². The summed E-state index contributed by atoms with van der Waals surface area (Å²) in [4.78, 5) is 25.2. The number of hydrogen-bond donors (Lipinski definition) is 2. The molecule has 1 aromatic rings. The van der Waals surface area contributed by atoms with E-state index in [9.17, 15) is 14.7 Å². The summed E-state index contributed by atoms with van der Waals surface area (Å²) in [5.74, 6) is -0.361. The maximum atomic E-state index is 12.2. The van der Waals surface area contributed by atoms with Crippen molar-refractivity contribution in [3.05, 3.63) is 33.8 Å². The maximum Gasteiger partial charge on any atom is 0.242 e. The van der Waals surface area contributed by atoms with E-state index in [4.69, 9.17) is 23.2 Å². The van der Waals surface area contributed by atoms with Crippen molar-refractivity contribution in [2.75, 3.05) is 13.1 Å². The molecule has 0 radical (unpaired) electrons. The Hall–Kier alpha value is -1.30. The quantitative estimate of drug-likeness (QED) is 0.879. The lowest BCUT2D eigenvalue weighted by Crippen LogP contribution is -2.46. The number of hydrogen-bond acceptors (Lipinski definition) is 3. The molecule has 2 N–H and O–H groups in total. The van der Waals surface area contributed by atoms with Gasteiger partial charge in [0.15, 0.2) is 0 Å². The largest absolute Gasteiger partial charge is 0.387 e. The van der Waals surface area contributed by atoms with E-state index in [0.29, 0.717) is 28.6 Å². The van der Waals surface area contributed by atoms with Gasteiger partial charge in [-0.3, -0.25) is 9.59 Å². The van der Waals surface area contributed by atoms with Crippen molar-refractivity contribution in [3.63, 3.8) is 0 Å². The Labute approximate surface area is 139 Å². The first kappa shape index (κ1) is 17.1. The lowest BCUT2D eigenvalue weighted by molar-refractivity contribution is -0.137. The molecule has 0 aromatic heterocycles. The molecule has 2 unspecified atom stereocenters. The van der Waals surface area contributed by atoms with Crippen LogP contribution in [0.4, 0.5) is 0 Å². The van der Waals surface area contributed by atoms with Crippen LogP contribution < -0.4 is 5.32 Å². The second-order valence-corrected chi connectivity index (χ2v) is 6.21. The van der Waals surface area contributed by atoms with Gasteiger partial charge in [-0.05, 0) is 36.6 Å². The van der Waals surface area contributed by atoms with Crippen LogP contribution >= 0.6 is 23.2 Å². The molecule has 1 saturated heterocycles. The fraction of sp³-hybridized carbons (Fsp3) is 0.467. The summed E-state index contributed by atoms with van der Waals surface area (Å²) in [6.07, 6.45) is 0.543. The van der Waals surface area contributed by atoms with Crippen molar-refractivity contribution in [2.45, 2.75) is 31.9 Å². The van der Waals surface area contributed by atoms with Crippen LogP contribution in [0.2, 0.25) is 10.0 Å². The molecule has 0 aliphatic carbocycles. The highest BCUT2D eigenvalue weighted by atomic mass is 35.5. The van der Waals surface area contributed by atoms with Crippen molar-refractivity contribution in [3.8, 4) is 0 Å².